The van der Waals surface area contributed by atoms with E-state index in [0.29, 0.717) is 9.54 Å². The quantitative estimate of drug-likeness (QED) is 0.477. The number of benzene rings is 3. The van der Waals surface area contributed by atoms with E-state index in [4.69, 9.17) is 0 Å². The maximum atomic E-state index is 2.46. The smallest absolute Gasteiger partial charge is 1.00 e. The van der Waals surface area contributed by atoms with Gasteiger partial charge >= 0.3 is 159 Å². The fraction of sp³-hybridized carbons (Fsp3) is 0.130. The fourth-order valence-electron chi connectivity index (χ4n) is 4.39. The van der Waals surface area contributed by atoms with Crippen molar-refractivity contribution in [1.82, 2.24) is 0 Å². The van der Waals surface area contributed by atoms with Gasteiger partial charge in [-0.05, 0) is 0 Å². The molecule has 0 heterocycles. The number of hydrogen-bond acceptors (Lipinski definition) is 0. The molecule has 3 aromatic carbocycles. The van der Waals surface area contributed by atoms with Crippen LogP contribution in [0.2, 0.25) is 0 Å². The number of rotatable bonds is 1. The van der Waals surface area contributed by atoms with Crippen molar-refractivity contribution in [2.45, 2.75) is 16.5 Å². The second-order valence-corrected chi connectivity index (χ2v) is 8.18. The molecule has 0 N–H and O–H groups in total. The number of fused-ring (bicyclic) bond motifs is 4. The van der Waals surface area contributed by atoms with Crippen LogP contribution < -0.4 is 24.8 Å². The van der Waals surface area contributed by atoms with Crippen molar-refractivity contribution >= 4 is 6.08 Å². The Morgan fingerprint density at radius 3 is 2.15 bits per heavy atom. The van der Waals surface area contributed by atoms with Crippen molar-refractivity contribution in [3.63, 3.8) is 0 Å². The van der Waals surface area contributed by atoms with E-state index in [1.165, 1.54) is 38.9 Å². The van der Waals surface area contributed by atoms with E-state index in [2.05, 4.69) is 79.7 Å². The zero-order valence-corrected chi connectivity index (χ0v) is 18.3. The van der Waals surface area contributed by atoms with Crippen LogP contribution in [0.4, 0.5) is 0 Å². The van der Waals surface area contributed by atoms with Crippen LogP contribution in [0.5, 0.6) is 0 Å². The number of allylic oxidation sites excluding steroid dienone is 1. The molecular formula is C23H17Cl2Zr. The Kier molecular flexibility index (Phi) is 5.64. The van der Waals surface area contributed by atoms with E-state index >= 15 is 0 Å². The first-order chi connectivity index (χ1) is 11.8. The summed E-state index contributed by atoms with van der Waals surface area (Å²) in [6.07, 6.45) is 2.46. The van der Waals surface area contributed by atoms with E-state index in [9.17, 15) is 0 Å². The van der Waals surface area contributed by atoms with Gasteiger partial charge in [-0.3, -0.25) is 0 Å². The Hall–Kier alpha value is -1.14. The molecule has 0 spiro atoms. The Morgan fingerprint density at radius 2 is 1.38 bits per heavy atom. The molecule has 0 aliphatic heterocycles. The average Bonchev–Trinajstić information content (AvgIpc) is 3.12. The van der Waals surface area contributed by atoms with E-state index in [-0.39, 0.29) is 24.8 Å². The van der Waals surface area contributed by atoms with Crippen LogP contribution >= 0.6 is 0 Å². The van der Waals surface area contributed by atoms with Gasteiger partial charge in [0.25, 0.3) is 0 Å². The monoisotopic (exact) mass is 453 g/mol. The summed E-state index contributed by atoms with van der Waals surface area (Å²) >= 11 is 1.58. The van der Waals surface area contributed by atoms with Crippen molar-refractivity contribution in [1.29, 1.82) is 0 Å². The molecule has 0 fully saturated rings. The van der Waals surface area contributed by atoms with Gasteiger partial charge in [-0.25, -0.2) is 0 Å². The Labute approximate surface area is 182 Å². The summed E-state index contributed by atoms with van der Waals surface area (Å²) in [5.74, 6) is 0.411. The van der Waals surface area contributed by atoms with Gasteiger partial charge in [-0.15, -0.1) is 0 Å². The van der Waals surface area contributed by atoms with Crippen molar-refractivity contribution in [3.8, 4) is 11.1 Å². The van der Waals surface area contributed by atoms with Crippen LogP contribution in [-0.2, 0) is 24.7 Å². The zero-order valence-electron chi connectivity index (χ0n) is 14.3. The van der Waals surface area contributed by atoms with Crippen LogP contribution in [-0.4, -0.2) is 0 Å². The molecule has 127 valence electrons. The molecule has 0 amide bonds. The van der Waals surface area contributed by atoms with Crippen molar-refractivity contribution in [2.24, 2.45) is 0 Å². The van der Waals surface area contributed by atoms with E-state index in [0.717, 1.165) is 0 Å². The summed E-state index contributed by atoms with van der Waals surface area (Å²) in [5, 5.41) is 0. The first-order valence-electron chi connectivity index (χ1n) is 8.46. The van der Waals surface area contributed by atoms with Crippen molar-refractivity contribution in [2.75, 3.05) is 0 Å². The summed E-state index contributed by atoms with van der Waals surface area (Å²) in [7, 11) is 0. The molecule has 3 heteroatoms. The van der Waals surface area contributed by atoms with Crippen LogP contribution in [0.25, 0.3) is 17.2 Å². The third kappa shape index (κ3) is 2.77. The van der Waals surface area contributed by atoms with Crippen LogP contribution in [0.15, 0.2) is 72.3 Å². The number of halogens is 2. The molecule has 2 aliphatic carbocycles. The van der Waals surface area contributed by atoms with Crippen molar-refractivity contribution < 1.29 is 49.5 Å². The van der Waals surface area contributed by atoms with Gasteiger partial charge in [0, 0.05) is 0 Å². The largest absolute Gasteiger partial charge is 1.00 e. The molecule has 2 atom stereocenters. The van der Waals surface area contributed by atoms with Gasteiger partial charge in [0.05, 0.1) is 0 Å². The fourth-order valence-corrected chi connectivity index (χ4v) is 5.65. The summed E-state index contributed by atoms with van der Waals surface area (Å²) < 4.78 is 0.567. The first kappa shape index (κ1) is 19.6. The van der Waals surface area contributed by atoms with E-state index < -0.39 is 0 Å². The van der Waals surface area contributed by atoms with Gasteiger partial charge in [0.15, 0.2) is 0 Å². The predicted octanol–water partition coefficient (Wildman–Crippen LogP) is -0.200. The normalized spacial score (nSPS) is 18.8. The Morgan fingerprint density at radius 1 is 0.731 bits per heavy atom. The van der Waals surface area contributed by atoms with Gasteiger partial charge in [-0.2, -0.15) is 0 Å². The Bertz CT molecular complexity index is 1010. The molecule has 3 aromatic rings. The number of aryl methyl sites for hydroxylation is 1. The topological polar surface area (TPSA) is 0 Å². The maximum Gasteiger partial charge on any atom is -1.00 e. The minimum absolute atomic E-state index is 0. The molecule has 0 radical (unpaired) electrons. The van der Waals surface area contributed by atoms with Crippen LogP contribution in [0.1, 0.15) is 37.4 Å². The SMILES string of the molecule is Cc1cccc2c1C(C1=Cc3ccccc3[CH]1[Zr+2])c1ccccc1-2.[Cl-].[Cl-]. The Balaban J connectivity index is 0.000000980. The molecule has 0 bridgehead atoms. The molecule has 0 saturated heterocycles. The molecular weight excluding hydrogens is 438 g/mol. The van der Waals surface area contributed by atoms with Crippen LogP contribution in [0.3, 0.4) is 0 Å². The summed E-state index contributed by atoms with van der Waals surface area (Å²) in [5.41, 5.74) is 11.7. The summed E-state index contributed by atoms with van der Waals surface area (Å²) in [6, 6.07) is 24.6. The maximum absolute atomic E-state index is 2.46. The van der Waals surface area contributed by atoms with Gasteiger partial charge in [0.1, 0.15) is 0 Å². The average molecular weight is 456 g/mol. The number of hydrogen-bond donors (Lipinski definition) is 0. The molecule has 0 nitrogen and oxygen atoms in total. The van der Waals surface area contributed by atoms with Crippen LogP contribution in [0, 0.1) is 6.92 Å². The molecule has 5 rings (SSSR count). The second kappa shape index (κ2) is 7.47. The van der Waals surface area contributed by atoms with Gasteiger partial charge in [0.2, 0.25) is 0 Å². The van der Waals surface area contributed by atoms with E-state index in [1.807, 2.05) is 0 Å². The first-order valence-corrected chi connectivity index (χ1v) is 9.88. The van der Waals surface area contributed by atoms with Gasteiger partial charge < -0.3 is 24.8 Å². The minimum atomic E-state index is 0. The molecule has 2 unspecified atom stereocenters. The third-order valence-electron chi connectivity index (χ3n) is 5.47. The zero-order chi connectivity index (χ0) is 16.3. The molecule has 26 heavy (non-hydrogen) atoms. The second-order valence-electron chi connectivity index (χ2n) is 6.76. The molecule has 2 aliphatic rings. The van der Waals surface area contributed by atoms with Gasteiger partial charge in [-0.1, -0.05) is 0 Å². The minimum Gasteiger partial charge on any atom is -1.00 e. The third-order valence-corrected chi connectivity index (χ3v) is 7.05. The van der Waals surface area contributed by atoms with E-state index in [1.54, 1.807) is 30.3 Å². The predicted molar refractivity (Wildman–Crippen MR) is 95.6 cm³/mol. The van der Waals surface area contributed by atoms with Crippen molar-refractivity contribution in [3.05, 3.63) is 100 Å². The molecule has 0 aromatic heterocycles. The summed E-state index contributed by atoms with van der Waals surface area (Å²) in [6.45, 7) is 2.26. The molecule has 0 saturated carbocycles. The summed E-state index contributed by atoms with van der Waals surface area (Å²) in [4.78, 5) is 0. The standard InChI is InChI=1S/C23H17.2ClH.Zr/c1-15-7-6-12-20-19-10-4-5-11-21(19)23(22(15)20)18-13-16-8-2-3-9-17(16)14-18;;;/h2-14,23H,1H3;2*1H;/q;;;+2/p-2.